The molecule has 0 aromatic rings. The molecule has 0 aromatic carbocycles. The van der Waals surface area contributed by atoms with Crippen LogP contribution in [0.25, 0.3) is 0 Å². The Labute approximate surface area is 173 Å². The number of carbonyl (C=O) groups is 2. The van der Waals surface area contributed by atoms with Gasteiger partial charge in [0.05, 0.1) is 0 Å². The summed E-state index contributed by atoms with van der Waals surface area (Å²) in [5, 5.41) is 10.7. The Morgan fingerprint density at radius 3 is 1.42 bits per heavy atom. The third-order valence-electron chi connectivity index (χ3n) is 4.53. The molecule has 0 bridgehead atoms. The maximum atomic E-state index is 11.3. The minimum absolute atomic E-state index is 0. The van der Waals surface area contributed by atoms with E-state index in [2.05, 4.69) is 11.7 Å². The third kappa shape index (κ3) is 20.0. The van der Waals surface area contributed by atoms with Crippen LogP contribution in [0.3, 0.4) is 0 Å². The Balaban J connectivity index is 0. The average molecular weight is 362 g/mol. The van der Waals surface area contributed by atoms with Gasteiger partial charge in [-0.3, -0.25) is 9.59 Å². The second kappa shape index (κ2) is 21.0. The van der Waals surface area contributed by atoms with Crippen LogP contribution in [0.4, 0.5) is 0 Å². The molecular formula is C21H39LiO4. The maximum Gasteiger partial charge on any atom is 1.00 e. The molecule has 0 radical (unpaired) electrons. The van der Waals surface area contributed by atoms with Crippen LogP contribution in [0.2, 0.25) is 0 Å². The smallest absolute Gasteiger partial charge is 0.844 e. The van der Waals surface area contributed by atoms with Crippen LogP contribution in [-0.2, 0) is 14.3 Å². The van der Waals surface area contributed by atoms with Gasteiger partial charge >= 0.3 is 24.8 Å². The summed E-state index contributed by atoms with van der Waals surface area (Å²) in [7, 11) is 0. The maximum absolute atomic E-state index is 11.3. The largest absolute Gasteiger partial charge is 1.00 e. The zero-order valence-corrected chi connectivity index (χ0v) is 17.5. The summed E-state index contributed by atoms with van der Waals surface area (Å²) in [4.78, 5) is 22.3. The van der Waals surface area contributed by atoms with E-state index in [1.165, 1.54) is 84.0 Å². The zero-order chi connectivity index (χ0) is 18.8. The summed E-state index contributed by atoms with van der Waals surface area (Å²) in [5.41, 5.74) is 0. The van der Waals surface area contributed by atoms with Gasteiger partial charge in [-0.05, 0) is 12.5 Å². The molecule has 1 atom stereocenters. The van der Waals surface area contributed by atoms with Gasteiger partial charge in [0.2, 0.25) is 0 Å². The molecule has 26 heavy (non-hydrogen) atoms. The van der Waals surface area contributed by atoms with Crippen molar-refractivity contribution in [3.63, 3.8) is 0 Å². The summed E-state index contributed by atoms with van der Waals surface area (Å²) in [6.07, 6.45) is 17.8. The number of rotatable bonds is 17. The number of unbranched alkanes of at least 4 members (excludes halogenated alkanes) is 14. The van der Waals surface area contributed by atoms with Crippen LogP contribution in [0.1, 0.15) is 117 Å². The van der Waals surface area contributed by atoms with Gasteiger partial charge in [0.15, 0.2) is 0 Å². The van der Waals surface area contributed by atoms with Gasteiger partial charge in [-0.1, -0.05) is 104 Å². The van der Waals surface area contributed by atoms with Gasteiger partial charge < -0.3 is 9.84 Å². The number of esters is 2. The summed E-state index contributed by atoms with van der Waals surface area (Å²) >= 11 is 0. The van der Waals surface area contributed by atoms with Gasteiger partial charge in [0, 0.05) is 6.42 Å². The minimum atomic E-state index is -1.48. The SMILES string of the molecule is CCCCCCCCCCCCCCCCCC(=O)OC(=O)C(C)[O-].[Li+]. The Morgan fingerprint density at radius 2 is 1.08 bits per heavy atom. The van der Waals surface area contributed by atoms with E-state index in [1.807, 2.05) is 0 Å². The predicted molar refractivity (Wildman–Crippen MR) is 100 cm³/mol. The van der Waals surface area contributed by atoms with Crippen LogP contribution in [0, 0.1) is 0 Å². The predicted octanol–water partition coefficient (Wildman–Crippen LogP) is 2.07. The fourth-order valence-electron chi connectivity index (χ4n) is 2.89. The van der Waals surface area contributed by atoms with Crippen LogP contribution in [-0.4, -0.2) is 18.0 Å². The third-order valence-corrected chi connectivity index (χ3v) is 4.53. The number of hydrogen-bond donors (Lipinski definition) is 0. The molecule has 0 aliphatic rings. The monoisotopic (exact) mass is 362 g/mol. The van der Waals surface area contributed by atoms with E-state index < -0.39 is 18.0 Å². The molecule has 5 heteroatoms. The van der Waals surface area contributed by atoms with Crippen molar-refractivity contribution in [1.82, 2.24) is 0 Å². The van der Waals surface area contributed by atoms with Gasteiger partial charge in [0.25, 0.3) is 5.97 Å². The van der Waals surface area contributed by atoms with E-state index in [1.54, 1.807) is 0 Å². The summed E-state index contributed by atoms with van der Waals surface area (Å²) in [5.74, 6) is -1.53. The van der Waals surface area contributed by atoms with E-state index in [0.29, 0.717) is 0 Å². The Hall–Kier alpha value is -0.303. The molecule has 0 rings (SSSR count). The van der Waals surface area contributed by atoms with Crippen molar-refractivity contribution in [3.05, 3.63) is 0 Å². The molecule has 148 valence electrons. The average Bonchev–Trinajstić information content (AvgIpc) is 2.58. The fraction of sp³-hybridized carbons (Fsp3) is 0.905. The molecular weight excluding hydrogens is 323 g/mol. The first-order valence-corrected chi connectivity index (χ1v) is 10.5. The molecule has 0 aliphatic heterocycles. The van der Waals surface area contributed by atoms with Crippen molar-refractivity contribution < 1.29 is 38.3 Å². The van der Waals surface area contributed by atoms with E-state index in [-0.39, 0.29) is 25.3 Å². The number of ether oxygens (including phenoxy) is 1. The molecule has 4 nitrogen and oxygen atoms in total. The Kier molecular flexibility index (Phi) is 22.5. The Bertz CT molecular complexity index is 332. The topological polar surface area (TPSA) is 66.4 Å². The molecule has 0 fully saturated rings. The van der Waals surface area contributed by atoms with Crippen LogP contribution < -0.4 is 24.0 Å². The van der Waals surface area contributed by atoms with Crippen molar-refractivity contribution >= 4 is 11.9 Å². The molecule has 0 saturated carbocycles. The molecule has 1 unspecified atom stereocenters. The van der Waals surface area contributed by atoms with E-state index in [0.717, 1.165) is 19.3 Å². The molecule has 0 N–H and O–H groups in total. The molecule has 0 aromatic heterocycles. The fourth-order valence-corrected chi connectivity index (χ4v) is 2.89. The van der Waals surface area contributed by atoms with Crippen LogP contribution >= 0.6 is 0 Å². The van der Waals surface area contributed by atoms with Gasteiger partial charge in [0.1, 0.15) is 0 Å². The van der Waals surface area contributed by atoms with E-state index >= 15 is 0 Å². The van der Waals surface area contributed by atoms with Crippen molar-refractivity contribution in [2.24, 2.45) is 0 Å². The van der Waals surface area contributed by atoms with Crippen LogP contribution in [0.15, 0.2) is 0 Å². The second-order valence-electron chi connectivity index (χ2n) is 7.14. The minimum Gasteiger partial charge on any atom is -0.844 e. The van der Waals surface area contributed by atoms with E-state index in [4.69, 9.17) is 0 Å². The van der Waals surface area contributed by atoms with Crippen molar-refractivity contribution in [2.75, 3.05) is 0 Å². The van der Waals surface area contributed by atoms with Crippen molar-refractivity contribution in [3.8, 4) is 0 Å². The quantitative estimate of drug-likeness (QED) is 0.172. The van der Waals surface area contributed by atoms with Crippen molar-refractivity contribution in [2.45, 2.75) is 123 Å². The molecule has 0 saturated heterocycles. The molecule has 0 heterocycles. The zero-order valence-electron chi connectivity index (χ0n) is 17.5. The summed E-state index contributed by atoms with van der Waals surface area (Å²) in [6, 6.07) is 0. The standard InChI is InChI=1S/C21H39O4.Li/c1-3-4-5-6-7-8-9-10-11-12-13-14-15-16-17-18-20(23)25-21(24)19(2)22;/h19H,3-18H2,1-2H3;/q-1;+1. The van der Waals surface area contributed by atoms with Gasteiger partial charge in [-0.15, -0.1) is 0 Å². The Morgan fingerprint density at radius 1 is 0.731 bits per heavy atom. The van der Waals surface area contributed by atoms with Gasteiger partial charge in [-0.25, -0.2) is 0 Å². The molecule has 0 amide bonds. The molecule has 0 aliphatic carbocycles. The number of carbonyl (C=O) groups excluding carboxylic acids is 2. The first-order valence-electron chi connectivity index (χ1n) is 10.5. The van der Waals surface area contributed by atoms with Gasteiger partial charge in [-0.2, -0.15) is 0 Å². The van der Waals surface area contributed by atoms with E-state index in [9.17, 15) is 14.7 Å². The molecule has 0 spiro atoms. The normalized spacial score (nSPS) is 11.7. The number of hydrogen-bond acceptors (Lipinski definition) is 4. The summed E-state index contributed by atoms with van der Waals surface area (Å²) in [6.45, 7) is 3.44. The second-order valence-corrected chi connectivity index (χ2v) is 7.14. The first kappa shape index (κ1) is 27.9. The first-order chi connectivity index (χ1) is 12.1. The van der Waals surface area contributed by atoms with Crippen LogP contribution in [0.5, 0.6) is 0 Å². The van der Waals surface area contributed by atoms with Crippen molar-refractivity contribution in [1.29, 1.82) is 0 Å². The summed E-state index contributed by atoms with van der Waals surface area (Å²) < 4.78 is 4.44.